The van der Waals surface area contributed by atoms with E-state index in [1.165, 1.54) is 6.07 Å². The minimum Gasteiger partial charge on any atom is -0.237 e. The smallest absolute Gasteiger partial charge is 0.237 e. The zero-order valence-electron chi connectivity index (χ0n) is 5.19. The number of pyridine rings is 1. The summed E-state index contributed by atoms with van der Waals surface area (Å²) in [5, 5.41) is 0. The molecule has 1 rings (SSSR count). The van der Waals surface area contributed by atoms with Gasteiger partial charge in [0, 0.05) is 0 Å². The van der Waals surface area contributed by atoms with Gasteiger partial charge in [0.25, 0.3) is 6.43 Å². The Balaban J connectivity index is 3.13. The van der Waals surface area contributed by atoms with Gasteiger partial charge < -0.3 is 0 Å². The molecule has 0 radical (unpaired) electrons. The Morgan fingerprint density at radius 1 is 1.36 bits per heavy atom. The van der Waals surface area contributed by atoms with Crippen LogP contribution in [0.2, 0.25) is 0 Å². The molecule has 1 heterocycles. The maximum Gasteiger partial charge on any atom is 0.283 e. The van der Waals surface area contributed by atoms with E-state index in [-0.39, 0.29) is 4.60 Å². The standard InChI is InChI=1S/C6H3BrF3N/c7-4-2-1-3(8)5(11-4)6(9)10/h1-2,6H. The first-order valence-electron chi connectivity index (χ1n) is 2.71. The molecule has 0 aliphatic carbocycles. The maximum atomic E-state index is 12.5. The van der Waals surface area contributed by atoms with Crippen molar-refractivity contribution in [3.8, 4) is 0 Å². The molecule has 0 spiro atoms. The lowest BCUT2D eigenvalue weighted by Gasteiger charge is -1.99. The number of alkyl halides is 2. The maximum absolute atomic E-state index is 12.5. The van der Waals surface area contributed by atoms with Crippen molar-refractivity contribution in [3.63, 3.8) is 0 Å². The molecule has 0 amide bonds. The van der Waals surface area contributed by atoms with E-state index in [9.17, 15) is 13.2 Å². The first-order chi connectivity index (χ1) is 5.11. The van der Waals surface area contributed by atoms with Crippen molar-refractivity contribution in [3.05, 3.63) is 28.2 Å². The molecule has 0 bridgehead atoms. The highest BCUT2D eigenvalue weighted by molar-refractivity contribution is 9.10. The third kappa shape index (κ3) is 1.92. The number of nitrogens with zero attached hydrogens (tertiary/aromatic N) is 1. The summed E-state index contributed by atoms with van der Waals surface area (Å²) in [6.07, 6.45) is -2.87. The lowest BCUT2D eigenvalue weighted by Crippen LogP contribution is -1.94. The Hall–Kier alpha value is -0.580. The van der Waals surface area contributed by atoms with Crippen LogP contribution >= 0.6 is 15.9 Å². The van der Waals surface area contributed by atoms with Crippen LogP contribution in [0.15, 0.2) is 16.7 Å². The number of halogens is 4. The minimum atomic E-state index is -2.87. The molecule has 0 N–H and O–H groups in total. The molecule has 5 heteroatoms. The summed E-state index contributed by atoms with van der Waals surface area (Å²) in [6.45, 7) is 0. The molecule has 0 saturated carbocycles. The Bertz CT molecular complexity index is 264. The van der Waals surface area contributed by atoms with Crippen LogP contribution in [-0.4, -0.2) is 4.98 Å². The molecule has 0 saturated heterocycles. The molecule has 0 aliphatic heterocycles. The lowest BCUT2D eigenvalue weighted by atomic mass is 10.3. The Morgan fingerprint density at radius 2 is 2.00 bits per heavy atom. The van der Waals surface area contributed by atoms with Crippen molar-refractivity contribution in [2.75, 3.05) is 0 Å². The molecule has 1 nitrogen and oxygen atoms in total. The predicted octanol–water partition coefficient (Wildman–Crippen LogP) is 2.92. The summed E-state index contributed by atoms with van der Waals surface area (Å²) in [5.74, 6) is -0.983. The lowest BCUT2D eigenvalue weighted by molar-refractivity contribution is 0.140. The Kier molecular flexibility index (Phi) is 2.49. The second kappa shape index (κ2) is 3.21. The van der Waals surface area contributed by atoms with E-state index >= 15 is 0 Å². The average Bonchev–Trinajstić information content (AvgIpc) is 1.94. The molecule has 1 aromatic rings. The largest absolute Gasteiger partial charge is 0.283 e. The average molecular weight is 226 g/mol. The van der Waals surface area contributed by atoms with Crippen LogP contribution in [0.4, 0.5) is 13.2 Å². The molecule has 0 aromatic carbocycles. The summed E-state index contributed by atoms with van der Waals surface area (Å²) in [5.41, 5.74) is -0.820. The summed E-state index contributed by atoms with van der Waals surface area (Å²) < 4.78 is 36.4. The van der Waals surface area contributed by atoms with E-state index in [2.05, 4.69) is 20.9 Å². The van der Waals surface area contributed by atoms with Gasteiger partial charge in [-0.3, -0.25) is 0 Å². The fourth-order valence-corrected chi connectivity index (χ4v) is 0.909. The molecule has 0 atom stereocenters. The van der Waals surface area contributed by atoms with Crippen LogP contribution in [0.1, 0.15) is 12.1 Å². The van der Waals surface area contributed by atoms with Crippen LogP contribution in [0.5, 0.6) is 0 Å². The highest BCUT2D eigenvalue weighted by atomic mass is 79.9. The van der Waals surface area contributed by atoms with Crippen molar-refractivity contribution in [2.45, 2.75) is 6.43 Å². The summed E-state index contributed by atoms with van der Waals surface area (Å²) in [4.78, 5) is 3.26. The van der Waals surface area contributed by atoms with Gasteiger partial charge in [0.2, 0.25) is 0 Å². The fraction of sp³-hybridized carbons (Fsp3) is 0.167. The number of aromatic nitrogens is 1. The van der Waals surface area contributed by atoms with Crippen LogP contribution < -0.4 is 0 Å². The fourth-order valence-electron chi connectivity index (χ4n) is 0.586. The first-order valence-corrected chi connectivity index (χ1v) is 3.50. The minimum absolute atomic E-state index is 0.203. The Labute approximate surface area is 69.4 Å². The highest BCUT2D eigenvalue weighted by Gasteiger charge is 2.14. The monoisotopic (exact) mass is 225 g/mol. The van der Waals surface area contributed by atoms with Gasteiger partial charge in [0.05, 0.1) is 0 Å². The summed E-state index contributed by atoms with van der Waals surface area (Å²) in [7, 11) is 0. The highest BCUT2D eigenvalue weighted by Crippen LogP contribution is 2.21. The molecule has 11 heavy (non-hydrogen) atoms. The van der Waals surface area contributed by atoms with E-state index in [1.807, 2.05) is 0 Å². The van der Waals surface area contributed by atoms with Gasteiger partial charge in [-0.15, -0.1) is 0 Å². The van der Waals surface area contributed by atoms with E-state index in [0.717, 1.165) is 6.07 Å². The van der Waals surface area contributed by atoms with Crippen molar-refractivity contribution < 1.29 is 13.2 Å². The van der Waals surface area contributed by atoms with Gasteiger partial charge in [-0.2, -0.15) is 0 Å². The summed E-state index contributed by atoms with van der Waals surface area (Å²) >= 11 is 2.85. The van der Waals surface area contributed by atoms with Crippen LogP contribution in [-0.2, 0) is 0 Å². The quantitative estimate of drug-likeness (QED) is 0.671. The zero-order valence-corrected chi connectivity index (χ0v) is 6.78. The molecule has 60 valence electrons. The molecule has 0 unspecified atom stereocenters. The van der Waals surface area contributed by atoms with E-state index in [0.29, 0.717) is 0 Å². The van der Waals surface area contributed by atoms with Crippen molar-refractivity contribution in [2.24, 2.45) is 0 Å². The number of rotatable bonds is 1. The topological polar surface area (TPSA) is 12.9 Å². The zero-order chi connectivity index (χ0) is 8.43. The van der Waals surface area contributed by atoms with Gasteiger partial charge in [-0.1, -0.05) is 0 Å². The van der Waals surface area contributed by atoms with Gasteiger partial charge >= 0.3 is 0 Å². The van der Waals surface area contributed by atoms with Crippen molar-refractivity contribution in [1.82, 2.24) is 4.98 Å². The predicted molar refractivity (Wildman–Crippen MR) is 36.9 cm³/mol. The number of hydrogen-bond donors (Lipinski definition) is 0. The van der Waals surface area contributed by atoms with Crippen LogP contribution in [0.25, 0.3) is 0 Å². The number of hydrogen-bond acceptors (Lipinski definition) is 1. The second-order valence-corrected chi connectivity index (χ2v) is 2.61. The van der Waals surface area contributed by atoms with Gasteiger partial charge in [-0.05, 0) is 28.1 Å². The van der Waals surface area contributed by atoms with E-state index < -0.39 is 17.9 Å². The van der Waals surface area contributed by atoms with Crippen molar-refractivity contribution >= 4 is 15.9 Å². The Morgan fingerprint density at radius 3 is 2.45 bits per heavy atom. The summed E-state index contributed by atoms with van der Waals surface area (Å²) in [6, 6.07) is 2.21. The third-order valence-corrected chi connectivity index (χ3v) is 1.49. The SMILES string of the molecule is Fc1ccc(Br)nc1C(F)F. The van der Waals surface area contributed by atoms with Crippen LogP contribution in [0, 0.1) is 5.82 Å². The van der Waals surface area contributed by atoms with Gasteiger partial charge in [0.15, 0.2) is 5.82 Å². The normalized spacial score (nSPS) is 10.6. The first kappa shape index (κ1) is 8.52. The molecular formula is C6H3BrF3N. The molecule has 0 fully saturated rings. The second-order valence-electron chi connectivity index (χ2n) is 1.80. The molecule has 1 aromatic heterocycles. The van der Waals surface area contributed by atoms with Crippen molar-refractivity contribution in [1.29, 1.82) is 0 Å². The van der Waals surface area contributed by atoms with Crippen LogP contribution in [0.3, 0.4) is 0 Å². The molecule has 0 aliphatic rings. The van der Waals surface area contributed by atoms with Gasteiger partial charge in [0.1, 0.15) is 10.3 Å². The molecular weight excluding hydrogens is 223 g/mol. The van der Waals surface area contributed by atoms with Gasteiger partial charge in [-0.25, -0.2) is 18.2 Å². The van der Waals surface area contributed by atoms with E-state index in [4.69, 9.17) is 0 Å². The third-order valence-electron chi connectivity index (χ3n) is 1.05. The van der Waals surface area contributed by atoms with E-state index in [1.54, 1.807) is 0 Å².